The van der Waals surface area contributed by atoms with Gasteiger partial charge in [0.05, 0.1) is 11.0 Å². The molecule has 0 saturated carbocycles. The van der Waals surface area contributed by atoms with Gasteiger partial charge in [-0.15, -0.1) is 11.3 Å². The molecule has 0 radical (unpaired) electrons. The number of benzene rings is 7. The summed E-state index contributed by atoms with van der Waals surface area (Å²) < 4.78 is 3.57. The minimum absolute atomic E-state index is 0.0994. The van der Waals surface area contributed by atoms with Gasteiger partial charge in [-0.2, -0.15) is 0 Å². The zero-order chi connectivity index (χ0) is 34.8. The van der Waals surface area contributed by atoms with Crippen molar-refractivity contribution in [1.29, 1.82) is 0 Å². The molecule has 0 N–H and O–H groups in total. The van der Waals surface area contributed by atoms with Gasteiger partial charge in [-0.1, -0.05) is 105 Å². The highest BCUT2D eigenvalue weighted by Gasteiger charge is 2.35. The summed E-state index contributed by atoms with van der Waals surface area (Å²) in [4.78, 5) is 7.52. The number of thiophene rings is 1. The third kappa shape index (κ3) is 4.83. The quantitative estimate of drug-likeness (QED) is 0.174. The average molecular weight is 686 g/mol. The maximum Gasteiger partial charge on any atom is 0.145 e. The van der Waals surface area contributed by atoms with E-state index in [2.05, 4.69) is 199 Å². The Morgan fingerprint density at radius 2 is 1.17 bits per heavy atom. The summed E-state index contributed by atoms with van der Waals surface area (Å²) in [5, 5.41) is 3.58. The van der Waals surface area contributed by atoms with Crippen LogP contribution in [0, 0.1) is 0 Å². The van der Waals surface area contributed by atoms with Gasteiger partial charge in [-0.3, -0.25) is 4.57 Å². The van der Waals surface area contributed by atoms with Gasteiger partial charge in [0.25, 0.3) is 0 Å². The van der Waals surface area contributed by atoms with Gasteiger partial charge >= 0.3 is 0 Å². The predicted octanol–water partition coefficient (Wildman–Crippen LogP) is 13.4. The lowest BCUT2D eigenvalue weighted by atomic mass is 9.82. The van der Waals surface area contributed by atoms with Crippen LogP contribution in [-0.4, -0.2) is 9.55 Å². The minimum atomic E-state index is -0.0994. The van der Waals surface area contributed by atoms with Crippen LogP contribution in [0.3, 0.4) is 0 Å². The Kier molecular flexibility index (Phi) is 7.02. The number of rotatable bonds is 6. The van der Waals surface area contributed by atoms with E-state index in [0.29, 0.717) is 0 Å². The third-order valence-corrected chi connectivity index (χ3v) is 11.7. The second kappa shape index (κ2) is 11.9. The first kappa shape index (κ1) is 30.6. The summed E-state index contributed by atoms with van der Waals surface area (Å²) in [6.45, 7) is 4.69. The van der Waals surface area contributed by atoms with Gasteiger partial charge in [0.1, 0.15) is 5.82 Å². The van der Waals surface area contributed by atoms with Crippen LogP contribution in [0.15, 0.2) is 175 Å². The van der Waals surface area contributed by atoms with Gasteiger partial charge < -0.3 is 4.90 Å². The van der Waals surface area contributed by atoms with E-state index in [1.807, 2.05) is 0 Å². The molecule has 4 heteroatoms. The van der Waals surface area contributed by atoms with Crippen LogP contribution < -0.4 is 4.90 Å². The Bertz CT molecular complexity index is 2750. The molecule has 0 fully saturated rings. The van der Waals surface area contributed by atoms with Crippen LogP contribution in [0.25, 0.3) is 60.4 Å². The molecule has 2 aromatic heterocycles. The zero-order valence-electron chi connectivity index (χ0n) is 29.0. The van der Waals surface area contributed by atoms with Crippen LogP contribution >= 0.6 is 11.3 Å². The molecule has 0 unspecified atom stereocenters. The van der Waals surface area contributed by atoms with Crippen molar-refractivity contribution < 1.29 is 0 Å². The fourth-order valence-electron chi connectivity index (χ4n) is 8.09. The molecule has 1 aliphatic carbocycles. The van der Waals surface area contributed by atoms with Crippen LogP contribution in [0.4, 0.5) is 17.1 Å². The van der Waals surface area contributed by atoms with E-state index in [4.69, 9.17) is 4.98 Å². The summed E-state index contributed by atoms with van der Waals surface area (Å²) in [7, 11) is 0. The standard InChI is InChI=1S/C48H35N3S/c1-48(2)42-16-8-6-14-38(42)39-29-28-37(30-43(39)48)50(35-24-20-32(21-25-35)41-31-52-46-19-11-7-15-40(41)46)36-26-22-33(23-27-36)47-49-44-17-9-10-18-45(44)51(47)34-12-4-3-5-13-34/h3-31H,1-2H3. The topological polar surface area (TPSA) is 21.1 Å². The Morgan fingerprint density at radius 3 is 1.98 bits per heavy atom. The molecule has 3 nitrogen and oxygen atoms in total. The van der Waals surface area contributed by atoms with Crippen molar-refractivity contribution >= 4 is 49.5 Å². The number of hydrogen-bond acceptors (Lipinski definition) is 3. The van der Waals surface area contributed by atoms with Crippen molar-refractivity contribution in [2.75, 3.05) is 4.90 Å². The number of aromatic nitrogens is 2. The second-order valence-corrected chi connectivity index (χ2v) is 15.0. The number of hydrogen-bond donors (Lipinski definition) is 0. The van der Waals surface area contributed by atoms with Crippen molar-refractivity contribution in [3.63, 3.8) is 0 Å². The largest absolute Gasteiger partial charge is 0.310 e. The number of anilines is 3. The average Bonchev–Trinajstić information content (AvgIpc) is 3.87. The molecular weight excluding hydrogens is 651 g/mol. The first-order valence-corrected chi connectivity index (χ1v) is 18.7. The number of para-hydroxylation sites is 3. The SMILES string of the molecule is CC1(C)c2ccccc2-c2ccc(N(c3ccc(-c4csc5ccccc45)cc3)c3ccc(-c4nc5ccccc5n4-c4ccccc4)cc3)cc21. The van der Waals surface area contributed by atoms with Crippen molar-refractivity contribution in [1.82, 2.24) is 9.55 Å². The first-order chi connectivity index (χ1) is 25.5. The fraction of sp³-hybridized carbons (Fsp3) is 0.0625. The highest BCUT2D eigenvalue weighted by Crippen LogP contribution is 2.50. The molecule has 248 valence electrons. The van der Waals surface area contributed by atoms with Crippen LogP contribution in [-0.2, 0) is 5.41 Å². The molecule has 0 amide bonds. The Morgan fingerprint density at radius 1 is 0.538 bits per heavy atom. The normalized spacial score (nSPS) is 13.0. The number of nitrogens with zero attached hydrogens (tertiary/aromatic N) is 3. The second-order valence-electron chi connectivity index (χ2n) is 14.1. The maximum absolute atomic E-state index is 5.13. The number of imidazole rings is 1. The summed E-state index contributed by atoms with van der Waals surface area (Å²) in [6, 6.07) is 61.3. The molecule has 1 aliphatic rings. The Balaban J connectivity index is 1.10. The van der Waals surface area contributed by atoms with Crippen LogP contribution in [0.5, 0.6) is 0 Å². The molecular formula is C48H35N3S. The molecule has 7 aromatic carbocycles. The molecule has 52 heavy (non-hydrogen) atoms. The van der Waals surface area contributed by atoms with Gasteiger partial charge in [0.15, 0.2) is 0 Å². The molecule has 0 saturated heterocycles. The highest BCUT2D eigenvalue weighted by molar-refractivity contribution is 7.17. The molecule has 0 bridgehead atoms. The summed E-state index contributed by atoms with van der Waals surface area (Å²) in [5.74, 6) is 0.926. The fourth-order valence-corrected chi connectivity index (χ4v) is 9.06. The van der Waals surface area contributed by atoms with Gasteiger partial charge in [0.2, 0.25) is 0 Å². The van der Waals surface area contributed by atoms with Crippen molar-refractivity contribution in [3.8, 4) is 39.3 Å². The Labute approximate surface area is 307 Å². The molecule has 0 spiro atoms. The lowest BCUT2D eigenvalue weighted by molar-refractivity contribution is 0.660. The smallest absolute Gasteiger partial charge is 0.145 e. The van der Waals surface area contributed by atoms with Crippen molar-refractivity contribution in [3.05, 3.63) is 186 Å². The minimum Gasteiger partial charge on any atom is -0.310 e. The van der Waals surface area contributed by atoms with E-state index in [0.717, 1.165) is 45.2 Å². The molecule has 10 rings (SSSR count). The van der Waals surface area contributed by atoms with E-state index >= 15 is 0 Å². The van der Waals surface area contributed by atoms with Crippen LogP contribution in [0.1, 0.15) is 25.0 Å². The predicted molar refractivity (Wildman–Crippen MR) is 220 cm³/mol. The van der Waals surface area contributed by atoms with E-state index in [1.54, 1.807) is 11.3 Å². The summed E-state index contributed by atoms with van der Waals surface area (Å²) in [5.41, 5.74) is 15.4. The molecule has 9 aromatic rings. The molecule has 0 aliphatic heterocycles. The monoisotopic (exact) mass is 685 g/mol. The van der Waals surface area contributed by atoms with E-state index in [9.17, 15) is 0 Å². The summed E-state index contributed by atoms with van der Waals surface area (Å²) >= 11 is 1.80. The first-order valence-electron chi connectivity index (χ1n) is 17.8. The van der Waals surface area contributed by atoms with Crippen molar-refractivity contribution in [2.24, 2.45) is 0 Å². The van der Waals surface area contributed by atoms with Gasteiger partial charge in [0, 0.05) is 49.4 Å². The highest BCUT2D eigenvalue weighted by atomic mass is 32.1. The number of fused-ring (bicyclic) bond motifs is 5. The molecule has 0 atom stereocenters. The maximum atomic E-state index is 5.13. The lowest BCUT2D eigenvalue weighted by Gasteiger charge is -2.28. The third-order valence-electron chi connectivity index (χ3n) is 10.7. The van der Waals surface area contributed by atoms with Crippen molar-refractivity contribution in [2.45, 2.75) is 19.3 Å². The zero-order valence-corrected chi connectivity index (χ0v) is 29.8. The van der Waals surface area contributed by atoms with E-state index in [1.165, 1.54) is 43.5 Å². The van der Waals surface area contributed by atoms with E-state index < -0.39 is 0 Å². The Hall–Kier alpha value is -6.23. The molecule has 2 heterocycles. The summed E-state index contributed by atoms with van der Waals surface area (Å²) in [6.07, 6.45) is 0. The van der Waals surface area contributed by atoms with Crippen LogP contribution in [0.2, 0.25) is 0 Å². The van der Waals surface area contributed by atoms with Gasteiger partial charge in [-0.25, -0.2) is 4.98 Å². The van der Waals surface area contributed by atoms with Gasteiger partial charge in [-0.05, 0) is 112 Å². The van der Waals surface area contributed by atoms with E-state index in [-0.39, 0.29) is 5.41 Å². The lowest BCUT2D eigenvalue weighted by Crippen LogP contribution is -2.16.